The van der Waals surface area contributed by atoms with Gasteiger partial charge in [0.25, 0.3) is 30.3 Å². The van der Waals surface area contributed by atoms with Crippen LogP contribution >= 0.6 is 0 Å². The first-order valence-corrected chi connectivity index (χ1v) is 20.0. The number of carbonyl (C=O) groups excluding carboxylic acids is 1. The number of benzene rings is 5. The number of rotatable bonds is 11. The molecule has 0 aliphatic heterocycles. The molecule has 5 aromatic rings. The zero-order valence-corrected chi connectivity index (χ0v) is 41.9. The number of nitrogens with zero attached hydrogens (tertiary/aromatic N) is 5. The summed E-state index contributed by atoms with van der Waals surface area (Å²) < 4.78 is 129. The normalized spacial score (nSPS) is 11.9. The fourth-order valence-corrected chi connectivity index (χ4v) is 7.66. The maximum atomic E-state index is 13.7. The summed E-state index contributed by atoms with van der Waals surface area (Å²) in [7, 11) is -18.7. The SMILES string of the molecule is CN(c1ccc2cc(S(=O)(=O)O)c(N=Nc3ccc(N=Nc4ccc(S(=O)(=O)[O-])cc4)cc3S(=O)(=O)O)c([O-])c2c1)S(=O)(=O)c1ccc([O-])c(C(=O)[O-])c1.[Na+].[Na+].[Na+].[Na+]. The summed E-state index contributed by atoms with van der Waals surface area (Å²) in [5, 5.41) is 50.9. The third-order valence-electron chi connectivity index (χ3n) is 7.37. The molecule has 0 atom stereocenters. The number of azo groups is 2. The van der Waals surface area contributed by atoms with E-state index in [-0.39, 0.29) is 146 Å². The molecular formula is C30H19N5Na4O15S4. The van der Waals surface area contributed by atoms with Gasteiger partial charge in [0.15, 0.2) is 0 Å². The predicted octanol–water partition coefficient (Wildman–Crippen LogP) is -9.58. The van der Waals surface area contributed by atoms with Crippen molar-refractivity contribution in [3.05, 3.63) is 90.5 Å². The minimum atomic E-state index is -5.23. The number of hydrogen-bond acceptors (Lipinski definition) is 17. The zero-order valence-electron chi connectivity index (χ0n) is 30.7. The van der Waals surface area contributed by atoms with Gasteiger partial charge in [0.2, 0.25) is 0 Å². The fraction of sp³-hybridized carbons (Fsp3) is 0.0333. The average Bonchev–Trinajstić information content (AvgIpc) is 3.09. The van der Waals surface area contributed by atoms with E-state index in [4.69, 9.17) is 0 Å². The minimum Gasteiger partial charge on any atom is -0.872 e. The van der Waals surface area contributed by atoms with E-state index in [2.05, 4.69) is 20.5 Å². The number of anilines is 1. The van der Waals surface area contributed by atoms with Gasteiger partial charge in [-0.25, -0.2) is 16.8 Å². The van der Waals surface area contributed by atoms with Gasteiger partial charge in [-0.2, -0.15) is 27.1 Å². The molecule has 2 N–H and O–H groups in total. The van der Waals surface area contributed by atoms with Crippen LogP contribution in [0, 0.1) is 0 Å². The third kappa shape index (κ3) is 12.4. The summed E-state index contributed by atoms with van der Waals surface area (Å²) in [4.78, 5) is 8.07. The molecule has 0 aromatic heterocycles. The van der Waals surface area contributed by atoms with Gasteiger partial charge in [0.05, 0.1) is 38.5 Å². The smallest absolute Gasteiger partial charge is 0.872 e. The number of sulfonamides is 1. The Morgan fingerprint density at radius 3 is 1.74 bits per heavy atom. The van der Waals surface area contributed by atoms with Crippen LogP contribution in [-0.2, 0) is 40.4 Å². The van der Waals surface area contributed by atoms with E-state index in [1.165, 1.54) is 0 Å². The molecule has 0 aliphatic carbocycles. The number of carboxylic acid groups (broad SMARTS) is 1. The number of carbonyl (C=O) groups is 1. The first kappa shape index (κ1) is 54.1. The predicted molar refractivity (Wildman–Crippen MR) is 178 cm³/mol. The summed E-state index contributed by atoms with van der Waals surface area (Å²) in [6, 6.07) is 13.1. The van der Waals surface area contributed by atoms with Gasteiger partial charge in [0.1, 0.15) is 25.6 Å². The van der Waals surface area contributed by atoms with Crippen molar-refractivity contribution in [1.82, 2.24) is 0 Å². The van der Waals surface area contributed by atoms with Gasteiger partial charge in [-0.3, -0.25) is 13.4 Å². The van der Waals surface area contributed by atoms with Crippen LogP contribution in [0.25, 0.3) is 10.8 Å². The molecule has 0 amide bonds. The first-order valence-electron chi connectivity index (χ1n) is 14.3. The summed E-state index contributed by atoms with van der Waals surface area (Å²) >= 11 is 0. The van der Waals surface area contributed by atoms with Crippen LogP contribution in [0.15, 0.2) is 125 Å². The van der Waals surface area contributed by atoms with E-state index in [1.807, 2.05) is 0 Å². The molecule has 0 spiro atoms. The van der Waals surface area contributed by atoms with Gasteiger partial charge >= 0.3 is 118 Å². The third-order valence-corrected chi connectivity index (χ3v) is 11.8. The van der Waals surface area contributed by atoms with Crippen molar-refractivity contribution in [3.8, 4) is 11.5 Å². The van der Waals surface area contributed by atoms with E-state index in [0.717, 1.165) is 79.8 Å². The Labute approximate surface area is 419 Å². The molecule has 0 fully saturated rings. The molecule has 0 radical (unpaired) electrons. The first-order chi connectivity index (χ1) is 25.0. The van der Waals surface area contributed by atoms with Crippen molar-refractivity contribution >= 4 is 85.6 Å². The van der Waals surface area contributed by atoms with Crippen LogP contribution in [0.5, 0.6) is 11.5 Å². The summed E-state index contributed by atoms with van der Waals surface area (Å²) in [5.41, 5.74) is -3.08. The molecule has 0 saturated carbocycles. The molecule has 20 nitrogen and oxygen atoms in total. The Balaban J connectivity index is 0.00000420. The summed E-state index contributed by atoms with van der Waals surface area (Å²) in [6.07, 6.45) is 0. The molecule has 5 aromatic carbocycles. The average molecular weight is 910 g/mol. The van der Waals surface area contributed by atoms with Crippen LogP contribution < -0.4 is 138 Å². The Bertz CT molecular complexity index is 2900. The van der Waals surface area contributed by atoms with Crippen LogP contribution in [0.4, 0.5) is 28.4 Å². The van der Waals surface area contributed by atoms with Gasteiger partial charge < -0.3 is 24.7 Å². The Morgan fingerprint density at radius 1 is 0.638 bits per heavy atom. The van der Waals surface area contributed by atoms with Gasteiger partial charge in [-0.1, -0.05) is 23.6 Å². The molecule has 0 heterocycles. The van der Waals surface area contributed by atoms with E-state index < -0.39 is 94.4 Å². The molecule has 0 unspecified atom stereocenters. The van der Waals surface area contributed by atoms with Crippen molar-refractivity contribution in [1.29, 1.82) is 0 Å². The maximum Gasteiger partial charge on any atom is 1.00 e. The quantitative estimate of drug-likeness (QED) is 0.0706. The largest absolute Gasteiger partial charge is 1.00 e. The Morgan fingerprint density at radius 2 is 1.19 bits per heavy atom. The molecule has 0 bridgehead atoms. The molecule has 5 rings (SSSR count). The molecule has 0 saturated heterocycles. The number of aromatic carboxylic acids is 1. The monoisotopic (exact) mass is 909 g/mol. The van der Waals surface area contributed by atoms with Gasteiger partial charge in [0, 0.05) is 7.05 Å². The minimum absolute atomic E-state index is 0. The van der Waals surface area contributed by atoms with E-state index in [1.54, 1.807) is 0 Å². The second-order valence-corrected chi connectivity index (χ2v) is 17.0. The second kappa shape index (κ2) is 20.8. The maximum absolute atomic E-state index is 13.7. The van der Waals surface area contributed by atoms with Crippen LogP contribution in [0.1, 0.15) is 10.4 Å². The Kier molecular flexibility index (Phi) is 19.4. The van der Waals surface area contributed by atoms with Crippen molar-refractivity contribution in [3.63, 3.8) is 0 Å². The van der Waals surface area contributed by atoms with E-state index in [0.29, 0.717) is 16.4 Å². The molecule has 28 heteroatoms. The second-order valence-electron chi connectivity index (χ2n) is 10.8. The summed E-state index contributed by atoms with van der Waals surface area (Å²) in [5.74, 6) is -4.19. The van der Waals surface area contributed by atoms with Gasteiger partial charge in [-0.05, 0) is 89.1 Å². The van der Waals surface area contributed by atoms with Crippen molar-refractivity contribution in [2.24, 2.45) is 20.5 Å². The fourth-order valence-electron chi connectivity index (χ4n) is 4.68. The van der Waals surface area contributed by atoms with Gasteiger partial charge in [-0.15, -0.1) is 10.2 Å². The van der Waals surface area contributed by atoms with E-state index >= 15 is 0 Å². The van der Waals surface area contributed by atoms with E-state index in [9.17, 15) is 67.4 Å². The van der Waals surface area contributed by atoms with Crippen molar-refractivity contribution in [2.75, 3.05) is 11.4 Å². The molecule has 0 aliphatic rings. The topological polar surface area (TPSA) is 339 Å². The molecule has 58 heavy (non-hydrogen) atoms. The van der Waals surface area contributed by atoms with Crippen LogP contribution in [0.2, 0.25) is 0 Å². The number of carboxylic acids is 1. The van der Waals surface area contributed by atoms with Crippen LogP contribution in [-0.4, -0.2) is 60.3 Å². The Hall–Kier alpha value is -1.89. The summed E-state index contributed by atoms with van der Waals surface area (Å²) in [6.45, 7) is 0. The zero-order chi connectivity index (χ0) is 40.0. The molecule has 282 valence electrons. The van der Waals surface area contributed by atoms with Crippen molar-refractivity contribution in [2.45, 2.75) is 19.6 Å². The number of fused-ring (bicyclic) bond motifs is 1. The van der Waals surface area contributed by atoms with Crippen molar-refractivity contribution < 1.29 is 186 Å². The standard InChI is InChI=1S/C30H23N5O15S4.4Na/c1-35(51(40,41)21-9-11-25(36)23(15-21)30(38)39)19-6-2-16-12-27(54(48,49)50)28(29(37)22(16)14-19)34-33-24-10-5-18(13-26(24)53(45,46)47)32-31-17-3-7-20(8-4-17)52(42,43)44;;;;/h2-15,36-37H,1H3,(H,38,39)(H,42,43,44)(H,45,46,47)(H,48,49,50);;;;/q;4*+1/p-4. The molecular weight excluding hydrogens is 891 g/mol. The number of hydrogen-bond donors (Lipinski definition) is 2. The van der Waals surface area contributed by atoms with Crippen LogP contribution in [0.3, 0.4) is 0 Å².